The molecule has 0 unspecified atom stereocenters. The largest absolute Gasteiger partial charge is 0.456 e. The lowest BCUT2D eigenvalue weighted by Crippen LogP contribution is -2.12. The van der Waals surface area contributed by atoms with Crippen molar-refractivity contribution in [3.8, 4) is 44.5 Å². The molecule has 2 nitrogen and oxygen atoms in total. The second kappa shape index (κ2) is 12.8. The maximum absolute atomic E-state index is 6.47. The fraction of sp³-hybridized carbons (Fsp3) is 0. The van der Waals surface area contributed by atoms with Gasteiger partial charge in [0.05, 0.1) is 11.4 Å². The average Bonchev–Trinajstić information content (AvgIpc) is 3.57. The predicted molar refractivity (Wildman–Crippen MR) is 210 cm³/mol. The van der Waals surface area contributed by atoms with Crippen molar-refractivity contribution < 1.29 is 4.42 Å². The number of nitrogens with zero attached hydrogens (tertiary/aromatic N) is 1. The zero-order chi connectivity index (χ0) is 33.3. The van der Waals surface area contributed by atoms with E-state index < -0.39 is 0 Å². The van der Waals surface area contributed by atoms with Crippen molar-refractivity contribution in [2.45, 2.75) is 0 Å². The minimum atomic E-state index is 0.859. The van der Waals surface area contributed by atoms with E-state index in [4.69, 9.17) is 4.42 Å². The van der Waals surface area contributed by atoms with Crippen molar-refractivity contribution in [2.24, 2.45) is 0 Å². The van der Waals surface area contributed by atoms with Crippen LogP contribution in [-0.4, -0.2) is 0 Å². The van der Waals surface area contributed by atoms with Crippen LogP contribution in [0.4, 0.5) is 17.1 Å². The number of hydrogen-bond donors (Lipinski definition) is 0. The predicted octanol–water partition coefficient (Wildman–Crippen LogP) is 13.7. The standard InChI is InChI=1S/C48H33NO/c1-3-17-34(18-4-1)37-21-7-9-23-39(37)41-25-11-14-28-45(41)49(36-31-32-44-43-27-13-16-30-47(43)50-48(44)33-36)46-29-15-12-26-42(46)40-24-10-8-22-38(40)35-19-5-2-6-20-35/h1-33H. The van der Waals surface area contributed by atoms with E-state index in [9.17, 15) is 0 Å². The van der Waals surface area contributed by atoms with E-state index in [0.717, 1.165) is 50.1 Å². The molecule has 0 N–H and O–H groups in total. The summed E-state index contributed by atoms with van der Waals surface area (Å²) in [6, 6.07) is 71.1. The molecule has 0 radical (unpaired) electrons. The van der Waals surface area contributed by atoms with Gasteiger partial charge in [0.2, 0.25) is 0 Å². The van der Waals surface area contributed by atoms with Crippen molar-refractivity contribution in [2.75, 3.05) is 4.90 Å². The molecule has 8 aromatic carbocycles. The zero-order valence-corrected chi connectivity index (χ0v) is 27.4. The number of hydrogen-bond acceptors (Lipinski definition) is 2. The number of fused-ring (bicyclic) bond motifs is 3. The summed E-state index contributed by atoms with van der Waals surface area (Å²) in [5.41, 5.74) is 14.3. The van der Waals surface area contributed by atoms with Crippen LogP contribution in [0.2, 0.25) is 0 Å². The molecule has 0 amide bonds. The molecule has 1 heterocycles. The molecule has 0 aliphatic carbocycles. The van der Waals surface area contributed by atoms with Crippen molar-refractivity contribution in [3.63, 3.8) is 0 Å². The van der Waals surface area contributed by atoms with Crippen LogP contribution in [0.25, 0.3) is 66.4 Å². The molecule has 0 bridgehead atoms. The Labute approximate surface area is 292 Å². The zero-order valence-electron chi connectivity index (χ0n) is 27.4. The summed E-state index contributed by atoms with van der Waals surface area (Å²) >= 11 is 0. The normalized spacial score (nSPS) is 11.2. The van der Waals surface area contributed by atoms with E-state index in [-0.39, 0.29) is 0 Å². The van der Waals surface area contributed by atoms with Gasteiger partial charge in [0.25, 0.3) is 0 Å². The van der Waals surface area contributed by atoms with Crippen LogP contribution in [0, 0.1) is 0 Å². The molecule has 0 aliphatic rings. The fourth-order valence-electron chi connectivity index (χ4n) is 7.23. The van der Waals surface area contributed by atoms with Gasteiger partial charge < -0.3 is 9.32 Å². The van der Waals surface area contributed by atoms with Gasteiger partial charge in [-0.2, -0.15) is 0 Å². The molecule has 9 aromatic rings. The molecule has 2 heteroatoms. The van der Waals surface area contributed by atoms with Gasteiger partial charge in [0, 0.05) is 33.7 Å². The monoisotopic (exact) mass is 639 g/mol. The molecule has 236 valence electrons. The van der Waals surface area contributed by atoms with Crippen molar-refractivity contribution in [1.29, 1.82) is 0 Å². The first-order valence-electron chi connectivity index (χ1n) is 17.0. The number of rotatable bonds is 7. The number of anilines is 3. The van der Waals surface area contributed by atoms with Crippen LogP contribution in [0.1, 0.15) is 0 Å². The minimum absolute atomic E-state index is 0.859. The maximum Gasteiger partial charge on any atom is 0.137 e. The summed E-state index contributed by atoms with van der Waals surface area (Å²) in [6.07, 6.45) is 0. The Morgan fingerprint density at radius 3 is 1.28 bits per heavy atom. The number of furan rings is 1. The van der Waals surface area contributed by atoms with Crippen LogP contribution in [0.5, 0.6) is 0 Å². The molecular formula is C48H33NO. The summed E-state index contributed by atoms with van der Waals surface area (Å²) in [5, 5.41) is 2.23. The summed E-state index contributed by atoms with van der Waals surface area (Å²) in [7, 11) is 0. The van der Waals surface area contributed by atoms with Gasteiger partial charge >= 0.3 is 0 Å². The third-order valence-electron chi connectivity index (χ3n) is 9.51. The number of para-hydroxylation sites is 3. The highest BCUT2D eigenvalue weighted by Crippen LogP contribution is 2.48. The van der Waals surface area contributed by atoms with Gasteiger partial charge in [-0.05, 0) is 63.7 Å². The highest BCUT2D eigenvalue weighted by Gasteiger charge is 2.23. The topological polar surface area (TPSA) is 16.4 Å². The molecule has 0 saturated carbocycles. The van der Waals surface area contributed by atoms with Crippen LogP contribution >= 0.6 is 0 Å². The van der Waals surface area contributed by atoms with Gasteiger partial charge in [0.1, 0.15) is 11.2 Å². The maximum atomic E-state index is 6.47. The first kappa shape index (κ1) is 29.5. The fourth-order valence-corrected chi connectivity index (χ4v) is 7.23. The molecule has 50 heavy (non-hydrogen) atoms. The molecule has 0 aliphatic heterocycles. The van der Waals surface area contributed by atoms with Gasteiger partial charge in [-0.25, -0.2) is 0 Å². The third kappa shape index (κ3) is 5.24. The van der Waals surface area contributed by atoms with Gasteiger partial charge in [0.15, 0.2) is 0 Å². The van der Waals surface area contributed by atoms with E-state index in [1.54, 1.807) is 0 Å². The summed E-state index contributed by atoms with van der Waals surface area (Å²) < 4.78 is 6.47. The lowest BCUT2D eigenvalue weighted by molar-refractivity contribution is 0.669. The Morgan fingerprint density at radius 1 is 0.300 bits per heavy atom. The Hall–Kier alpha value is -6.64. The Bertz CT molecular complexity index is 2470. The second-order valence-electron chi connectivity index (χ2n) is 12.5. The van der Waals surface area contributed by atoms with Gasteiger partial charge in [-0.15, -0.1) is 0 Å². The molecule has 0 atom stereocenters. The average molecular weight is 640 g/mol. The lowest BCUT2D eigenvalue weighted by atomic mass is 9.91. The Kier molecular flexibility index (Phi) is 7.53. The molecule has 1 aromatic heterocycles. The molecule has 0 saturated heterocycles. The third-order valence-corrected chi connectivity index (χ3v) is 9.51. The van der Waals surface area contributed by atoms with Crippen molar-refractivity contribution >= 4 is 39.0 Å². The number of benzene rings is 8. The van der Waals surface area contributed by atoms with Crippen LogP contribution in [0.15, 0.2) is 205 Å². The van der Waals surface area contributed by atoms with Gasteiger partial charge in [-0.3, -0.25) is 0 Å². The first-order chi connectivity index (χ1) is 24.8. The molecule has 0 spiro atoms. The van der Waals surface area contributed by atoms with Crippen LogP contribution in [-0.2, 0) is 0 Å². The lowest BCUT2D eigenvalue weighted by Gasteiger charge is -2.30. The quantitative estimate of drug-likeness (QED) is 0.173. The van der Waals surface area contributed by atoms with Crippen LogP contribution < -0.4 is 4.90 Å². The van der Waals surface area contributed by atoms with Crippen molar-refractivity contribution in [1.82, 2.24) is 0 Å². The van der Waals surface area contributed by atoms with E-state index in [0.29, 0.717) is 0 Å². The van der Waals surface area contributed by atoms with Crippen LogP contribution in [0.3, 0.4) is 0 Å². The van der Waals surface area contributed by atoms with E-state index >= 15 is 0 Å². The molecule has 9 rings (SSSR count). The molecular weight excluding hydrogens is 607 g/mol. The SMILES string of the molecule is c1ccc(-c2ccccc2-c2ccccc2N(c2ccc3c(c2)oc2ccccc23)c2ccccc2-c2ccccc2-c2ccccc2)cc1. The summed E-state index contributed by atoms with van der Waals surface area (Å²) in [4.78, 5) is 2.40. The molecule has 0 fully saturated rings. The second-order valence-corrected chi connectivity index (χ2v) is 12.5. The Morgan fingerprint density at radius 2 is 0.720 bits per heavy atom. The van der Waals surface area contributed by atoms with Crippen molar-refractivity contribution in [3.05, 3.63) is 200 Å². The summed E-state index contributed by atoms with van der Waals surface area (Å²) in [5.74, 6) is 0. The van der Waals surface area contributed by atoms with Gasteiger partial charge in [-0.1, -0.05) is 164 Å². The highest BCUT2D eigenvalue weighted by molar-refractivity contribution is 6.07. The minimum Gasteiger partial charge on any atom is -0.456 e. The van der Waals surface area contributed by atoms with E-state index in [2.05, 4.69) is 193 Å². The smallest absolute Gasteiger partial charge is 0.137 e. The Balaban J connectivity index is 1.32. The highest BCUT2D eigenvalue weighted by atomic mass is 16.3. The van der Waals surface area contributed by atoms with E-state index in [1.807, 2.05) is 12.1 Å². The van der Waals surface area contributed by atoms with E-state index in [1.165, 1.54) is 33.4 Å². The first-order valence-corrected chi connectivity index (χ1v) is 17.0. The summed E-state index contributed by atoms with van der Waals surface area (Å²) in [6.45, 7) is 0.